The molecular weight excluding hydrogens is 416 g/mol. The molecule has 2 fully saturated rings. The van der Waals surface area contributed by atoms with E-state index in [0.717, 1.165) is 24.1 Å². The number of hydrogen-bond donors (Lipinski definition) is 1. The van der Waals surface area contributed by atoms with Gasteiger partial charge < -0.3 is 19.6 Å². The molecular formula is C24H25ClN2O4. The Bertz CT molecular complexity index is 1010. The van der Waals surface area contributed by atoms with Crippen LogP contribution in [-0.2, 0) is 14.3 Å². The SMILES string of the molecule is CN(C)c1ccc([C@@H]2/C(=C(\O)c3ccc(Cl)cc3)C(=O)C(=O)N2C[C@H]2CCCO2)cc1. The molecule has 1 N–H and O–H groups in total. The molecule has 0 bridgehead atoms. The maximum atomic E-state index is 13.0. The first-order valence-corrected chi connectivity index (χ1v) is 10.7. The number of carbonyl (C=O) groups is 2. The maximum absolute atomic E-state index is 13.0. The Morgan fingerprint density at radius 1 is 1.13 bits per heavy atom. The fraction of sp³-hybridized carbons (Fsp3) is 0.333. The van der Waals surface area contributed by atoms with Crippen molar-refractivity contribution in [3.05, 3.63) is 70.3 Å². The number of Topliss-reactive ketones (excluding diaryl/α,β-unsaturated/α-hetero) is 1. The minimum absolute atomic E-state index is 0.0860. The van der Waals surface area contributed by atoms with E-state index in [9.17, 15) is 14.7 Å². The van der Waals surface area contributed by atoms with E-state index in [1.807, 2.05) is 43.3 Å². The molecule has 2 atom stereocenters. The summed E-state index contributed by atoms with van der Waals surface area (Å²) in [6, 6.07) is 13.5. The number of nitrogens with zero attached hydrogens (tertiary/aromatic N) is 2. The van der Waals surface area contributed by atoms with Crippen LogP contribution >= 0.6 is 11.6 Å². The van der Waals surface area contributed by atoms with Gasteiger partial charge >= 0.3 is 0 Å². The standard InChI is InChI=1S/C24H25ClN2O4/c1-26(2)18-11-7-15(8-12-18)21-20(22(28)16-5-9-17(25)10-6-16)23(29)24(30)27(21)14-19-4-3-13-31-19/h5-12,19,21,28H,3-4,13-14H2,1-2H3/b22-20+/t19-,21-/m1/s1. The third-order valence-corrected chi connectivity index (χ3v) is 6.06. The van der Waals surface area contributed by atoms with Gasteiger partial charge in [-0.3, -0.25) is 9.59 Å². The zero-order chi connectivity index (χ0) is 22.1. The van der Waals surface area contributed by atoms with Gasteiger partial charge in [0, 0.05) is 43.5 Å². The van der Waals surface area contributed by atoms with Crippen LogP contribution in [0.5, 0.6) is 0 Å². The monoisotopic (exact) mass is 440 g/mol. The Balaban J connectivity index is 1.80. The van der Waals surface area contributed by atoms with Gasteiger partial charge in [0.25, 0.3) is 11.7 Å². The van der Waals surface area contributed by atoms with E-state index in [0.29, 0.717) is 23.7 Å². The van der Waals surface area contributed by atoms with E-state index in [-0.39, 0.29) is 17.4 Å². The van der Waals surface area contributed by atoms with Crippen molar-refractivity contribution in [3.8, 4) is 0 Å². The molecule has 0 unspecified atom stereocenters. The minimum atomic E-state index is -0.688. The summed E-state index contributed by atoms with van der Waals surface area (Å²) in [4.78, 5) is 29.5. The highest BCUT2D eigenvalue weighted by atomic mass is 35.5. The average Bonchev–Trinajstić information content (AvgIpc) is 3.36. The molecule has 0 saturated carbocycles. The van der Waals surface area contributed by atoms with Crippen molar-refractivity contribution >= 4 is 34.7 Å². The number of aliphatic hydroxyl groups excluding tert-OH is 1. The second-order valence-electron chi connectivity index (χ2n) is 8.08. The Morgan fingerprint density at radius 2 is 1.81 bits per heavy atom. The van der Waals surface area contributed by atoms with Gasteiger partial charge in [-0.05, 0) is 54.8 Å². The highest BCUT2D eigenvalue weighted by molar-refractivity contribution is 6.46. The number of benzene rings is 2. The zero-order valence-electron chi connectivity index (χ0n) is 17.5. The van der Waals surface area contributed by atoms with Crippen LogP contribution in [0.15, 0.2) is 54.1 Å². The third kappa shape index (κ3) is 4.18. The van der Waals surface area contributed by atoms with Crippen LogP contribution in [0, 0.1) is 0 Å². The van der Waals surface area contributed by atoms with Crippen LogP contribution in [0.2, 0.25) is 5.02 Å². The normalized spacial score (nSPS) is 22.9. The topological polar surface area (TPSA) is 70.1 Å². The summed E-state index contributed by atoms with van der Waals surface area (Å²) < 4.78 is 5.72. The van der Waals surface area contributed by atoms with Crippen molar-refractivity contribution in [1.82, 2.24) is 4.90 Å². The lowest BCUT2D eigenvalue weighted by atomic mass is 9.95. The number of rotatable bonds is 5. The minimum Gasteiger partial charge on any atom is -0.507 e. The molecule has 1 amide bonds. The molecule has 2 heterocycles. The smallest absolute Gasteiger partial charge is 0.295 e. The predicted octanol–water partition coefficient (Wildman–Crippen LogP) is 4.01. The summed E-state index contributed by atoms with van der Waals surface area (Å²) in [5.74, 6) is -1.51. The molecule has 0 aromatic heterocycles. The first-order chi connectivity index (χ1) is 14.9. The molecule has 2 aromatic rings. The molecule has 2 aromatic carbocycles. The average molecular weight is 441 g/mol. The van der Waals surface area contributed by atoms with E-state index in [1.165, 1.54) is 4.90 Å². The van der Waals surface area contributed by atoms with Crippen molar-refractivity contribution in [2.45, 2.75) is 25.0 Å². The number of carbonyl (C=O) groups excluding carboxylic acids is 2. The van der Waals surface area contributed by atoms with Crippen LogP contribution in [0.1, 0.15) is 30.0 Å². The fourth-order valence-corrected chi connectivity index (χ4v) is 4.27. The lowest BCUT2D eigenvalue weighted by molar-refractivity contribution is -0.140. The summed E-state index contributed by atoms with van der Waals surface area (Å²) in [5, 5.41) is 11.6. The molecule has 4 rings (SSSR count). The van der Waals surface area contributed by atoms with Crippen molar-refractivity contribution in [2.24, 2.45) is 0 Å². The summed E-state index contributed by atoms with van der Waals surface area (Å²) in [6.45, 7) is 0.962. The molecule has 31 heavy (non-hydrogen) atoms. The van der Waals surface area contributed by atoms with Gasteiger partial charge in [-0.25, -0.2) is 0 Å². The molecule has 0 aliphatic carbocycles. The van der Waals surface area contributed by atoms with E-state index >= 15 is 0 Å². The number of likely N-dealkylation sites (tertiary alicyclic amines) is 1. The van der Waals surface area contributed by atoms with E-state index in [1.54, 1.807) is 24.3 Å². The summed E-state index contributed by atoms with van der Waals surface area (Å²) in [6.07, 6.45) is 1.66. The van der Waals surface area contributed by atoms with Crippen molar-refractivity contribution < 1.29 is 19.4 Å². The van der Waals surface area contributed by atoms with Crippen molar-refractivity contribution in [3.63, 3.8) is 0 Å². The summed E-state index contributed by atoms with van der Waals surface area (Å²) >= 11 is 5.97. The van der Waals surface area contributed by atoms with Crippen LogP contribution in [0.25, 0.3) is 5.76 Å². The summed E-state index contributed by atoms with van der Waals surface area (Å²) in [7, 11) is 3.89. The Labute approximate surface area is 186 Å². The van der Waals surface area contributed by atoms with Crippen LogP contribution in [0.3, 0.4) is 0 Å². The third-order valence-electron chi connectivity index (χ3n) is 5.81. The van der Waals surface area contributed by atoms with Gasteiger partial charge in [0.2, 0.25) is 0 Å². The number of halogens is 1. The van der Waals surface area contributed by atoms with E-state index in [2.05, 4.69) is 0 Å². The number of amides is 1. The molecule has 0 spiro atoms. The van der Waals surface area contributed by atoms with Crippen molar-refractivity contribution in [1.29, 1.82) is 0 Å². The van der Waals surface area contributed by atoms with E-state index in [4.69, 9.17) is 16.3 Å². The zero-order valence-corrected chi connectivity index (χ0v) is 18.3. The number of aliphatic hydroxyl groups is 1. The van der Waals surface area contributed by atoms with Gasteiger partial charge in [-0.15, -0.1) is 0 Å². The second-order valence-corrected chi connectivity index (χ2v) is 8.52. The predicted molar refractivity (Wildman–Crippen MR) is 120 cm³/mol. The van der Waals surface area contributed by atoms with Crippen LogP contribution in [0.4, 0.5) is 5.69 Å². The van der Waals surface area contributed by atoms with Gasteiger partial charge in [-0.2, -0.15) is 0 Å². The molecule has 162 valence electrons. The van der Waals surface area contributed by atoms with Gasteiger partial charge in [0.1, 0.15) is 5.76 Å². The number of ketones is 1. The highest BCUT2D eigenvalue weighted by Crippen LogP contribution is 2.40. The van der Waals surface area contributed by atoms with Crippen LogP contribution < -0.4 is 4.90 Å². The maximum Gasteiger partial charge on any atom is 0.295 e. The largest absolute Gasteiger partial charge is 0.507 e. The van der Waals surface area contributed by atoms with E-state index < -0.39 is 17.7 Å². The first kappa shape index (κ1) is 21.4. The molecule has 2 aliphatic rings. The molecule has 2 saturated heterocycles. The number of anilines is 1. The quantitative estimate of drug-likeness (QED) is 0.432. The first-order valence-electron chi connectivity index (χ1n) is 10.3. The molecule has 2 aliphatic heterocycles. The lowest BCUT2D eigenvalue weighted by Gasteiger charge is -2.28. The Kier molecular flexibility index (Phi) is 6.03. The fourth-order valence-electron chi connectivity index (χ4n) is 4.14. The molecule has 0 radical (unpaired) electrons. The number of hydrogen-bond acceptors (Lipinski definition) is 5. The summed E-state index contributed by atoms with van der Waals surface area (Å²) in [5.41, 5.74) is 2.29. The van der Waals surface area contributed by atoms with Gasteiger partial charge in [0.05, 0.1) is 17.7 Å². The molecule has 7 heteroatoms. The van der Waals surface area contributed by atoms with Gasteiger partial charge in [0.15, 0.2) is 0 Å². The van der Waals surface area contributed by atoms with Crippen LogP contribution in [-0.4, -0.2) is 55.0 Å². The number of ether oxygens (including phenoxy) is 1. The second kappa shape index (κ2) is 8.73. The van der Waals surface area contributed by atoms with Gasteiger partial charge in [-0.1, -0.05) is 23.7 Å². The Hall–Kier alpha value is -2.83. The Morgan fingerprint density at radius 3 is 2.39 bits per heavy atom. The highest BCUT2D eigenvalue weighted by Gasteiger charge is 2.47. The lowest BCUT2D eigenvalue weighted by Crippen LogP contribution is -2.36. The molecule has 6 nitrogen and oxygen atoms in total. The van der Waals surface area contributed by atoms with Crippen molar-refractivity contribution in [2.75, 3.05) is 32.1 Å².